The molecule has 0 radical (unpaired) electrons. The highest BCUT2D eigenvalue weighted by Crippen LogP contribution is 2.45. The van der Waals surface area contributed by atoms with Crippen LogP contribution < -0.4 is 10.0 Å². The van der Waals surface area contributed by atoms with Crippen LogP contribution in [-0.4, -0.2) is 53.9 Å². The molecule has 25 heavy (non-hydrogen) atoms. The third-order valence-corrected chi connectivity index (χ3v) is 7.07. The van der Waals surface area contributed by atoms with E-state index in [1.807, 2.05) is 12.3 Å². The molecule has 136 valence electrons. The van der Waals surface area contributed by atoms with Gasteiger partial charge in [0.25, 0.3) is 10.2 Å². The zero-order valence-corrected chi connectivity index (χ0v) is 15.2. The van der Waals surface area contributed by atoms with E-state index < -0.39 is 10.2 Å². The van der Waals surface area contributed by atoms with E-state index in [0.717, 1.165) is 49.2 Å². The van der Waals surface area contributed by atoms with Crippen molar-refractivity contribution in [1.82, 2.24) is 19.3 Å². The minimum absolute atomic E-state index is 0.0868. The van der Waals surface area contributed by atoms with Gasteiger partial charge in [0.05, 0.1) is 5.39 Å². The summed E-state index contributed by atoms with van der Waals surface area (Å²) in [7, 11) is -3.65. The summed E-state index contributed by atoms with van der Waals surface area (Å²) in [5, 5.41) is 6.42. The van der Waals surface area contributed by atoms with Crippen molar-refractivity contribution in [3.63, 3.8) is 0 Å². The van der Waals surface area contributed by atoms with Gasteiger partial charge in [0.2, 0.25) is 0 Å². The number of aromatic amines is 1. The van der Waals surface area contributed by atoms with Gasteiger partial charge < -0.3 is 9.88 Å². The summed E-state index contributed by atoms with van der Waals surface area (Å²) >= 11 is 0. The number of nitrogens with zero attached hydrogens (tertiary/aromatic N) is 4. The van der Waals surface area contributed by atoms with Crippen molar-refractivity contribution in [1.29, 1.82) is 0 Å². The highest BCUT2D eigenvalue weighted by atomic mass is 32.2. The molecule has 2 aliphatic heterocycles. The van der Waals surface area contributed by atoms with Crippen LogP contribution in [0.4, 0.5) is 5.82 Å². The summed E-state index contributed by atoms with van der Waals surface area (Å²) in [5.41, 5.74) is 0.740. The molecule has 4 rings (SSSR count). The average Bonchev–Trinajstić information content (AvgIpc) is 3.08. The number of aromatic nitrogens is 3. The molecule has 0 aliphatic carbocycles. The number of nitrogens with two attached hydrogens (primary N) is 1. The molecule has 3 N–H and O–H groups in total. The van der Waals surface area contributed by atoms with Gasteiger partial charge >= 0.3 is 0 Å². The summed E-state index contributed by atoms with van der Waals surface area (Å²) < 4.78 is 25.2. The molecule has 4 heterocycles. The smallest absolute Gasteiger partial charge is 0.276 e. The topological polar surface area (TPSA) is 108 Å². The van der Waals surface area contributed by atoms with E-state index in [2.05, 4.69) is 26.8 Å². The lowest BCUT2D eigenvalue weighted by atomic mass is 9.66. The van der Waals surface area contributed by atoms with Crippen molar-refractivity contribution in [3.05, 3.63) is 18.6 Å². The van der Waals surface area contributed by atoms with Crippen LogP contribution in [0.2, 0.25) is 0 Å². The van der Waals surface area contributed by atoms with Crippen LogP contribution in [0.5, 0.6) is 0 Å². The average molecular weight is 364 g/mol. The Labute approximate surface area is 147 Å². The second-order valence-electron chi connectivity index (χ2n) is 7.23. The molecule has 2 aromatic rings. The Hall–Kier alpha value is -1.71. The molecule has 0 unspecified atom stereocenters. The quantitative estimate of drug-likeness (QED) is 0.847. The minimum Gasteiger partial charge on any atom is -0.355 e. The van der Waals surface area contributed by atoms with Crippen LogP contribution in [0.25, 0.3) is 11.0 Å². The molecule has 2 fully saturated rings. The number of piperidine rings is 2. The lowest BCUT2D eigenvalue weighted by Gasteiger charge is -2.53. The van der Waals surface area contributed by atoms with Crippen molar-refractivity contribution in [2.45, 2.75) is 26.2 Å². The highest BCUT2D eigenvalue weighted by Gasteiger charge is 2.48. The highest BCUT2D eigenvalue weighted by molar-refractivity contribution is 7.86. The standard InChI is InChI=1S/C16H24N6O2S/c1-2-16-9-21(15-13-3-6-18-14(13)19-11-20-15)7-4-12(16)5-8-22(10-16)25(17,23)24/h3,6,11-12H,2,4-5,7-10H2,1H3,(H2,17,23,24)(H,18,19,20)/t12-,16+/m0/s1. The molecule has 0 saturated carbocycles. The predicted octanol–water partition coefficient (Wildman–Crippen LogP) is 1.09. The maximum absolute atomic E-state index is 11.9. The fraction of sp³-hybridized carbons (Fsp3) is 0.625. The van der Waals surface area contributed by atoms with Gasteiger partial charge in [0, 0.05) is 37.8 Å². The third-order valence-electron chi connectivity index (χ3n) is 6.03. The molecule has 2 atom stereocenters. The molecular weight excluding hydrogens is 340 g/mol. The first-order valence-corrected chi connectivity index (χ1v) is 10.2. The van der Waals surface area contributed by atoms with E-state index >= 15 is 0 Å². The van der Waals surface area contributed by atoms with Gasteiger partial charge in [-0.05, 0) is 31.2 Å². The number of hydrogen-bond acceptors (Lipinski definition) is 5. The van der Waals surface area contributed by atoms with Crippen molar-refractivity contribution >= 4 is 27.1 Å². The van der Waals surface area contributed by atoms with Crippen molar-refractivity contribution in [2.24, 2.45) is 16.5 Å². The number of H-pyrrole nitrogens is 1. The molecule has 9 heteroatoms. The second-order valence-corrected chi connectivity index (χ2v) is 8.77. The molecule has 0 amide bonds. The monoisotopic (exact) mass is 364 g/mol. The fourth-order valence-electron chi connectivity index (χ4n) is 4.59. The maximum Gasteiger partial charge on any atom is 0.276 e. The molecule has 0 aromatic carbocycles. The number of hydrogen-bond donors (Lipinski definition) is 2. The van der Waals surface area contributed by atoms with Gasteiger partial charge in [0.15, 0.2) is 0 Å². The first-order chi connectivity index (χ1) is 11.9. The zero-order valence-electron chi connectivity index (χ0n) is 14.4. The number of fused-ring (bicyclic) bond motifs is 2. The molecule has 8 nitrogen and oxygen atoms in total. The normalized spacial score (nSPS) is 28.2. The lowest BCUT2D eigenvalue weighted by Crippen LogP contribution is -2.59. The van der Waals surface area contributed by atoms with E-state index in [1.165, 1.54) is 4.31 Å². The minimum atomic E-state index is -3.65. The Morgan fingerprint density at radius 1 is 1.32 bits per heavy atom. The summed E-state index contributed by atoms with van der Waals surface area (Å²) in [6.45, 7) is 4.89. The van der Waals surface area contributed by atoms with Crippen LogP contribution in [0.3, 0.4) is 0 Å². The number of nitrogens with one attached hydrogen (secondary N) is 1. The van der Waals surface area contributed by atoms with Crippen molar-refractivity contribution in [3.8, 4) is 0 Å². The Kier molecular flexibility index (Phi) is 3.97. The van der Waals surface area contributed by atoms with Crippen LogP contribution in [0, 0.1) is 11.3 Å². The molecule has 2 saturated heterocycles. The first-order valence-electron chi connectivity index (χ1n) is 8.74. The van der Waals surface area contributed by atoms with E-state index in [0.29, 0.717) is 19.0 Å². The number of anilines is 1. The lowest BCUT2D eigenvalue weighted by molar-refractivity contribution is 0.0463. The van der Waals surface area contributed by atoms with Crippen LogP contribution in [0.1, 0.15) is 26.2 Å². The fourth-order valence-corrected chi connectivity index (χ4v) is 5.38. The van der Waals surface area contributed by atoms with E-state index in [1.54, 1.807) is 6.33 Å². The predicted molar refractivity (Wildman–Crippen MR) is 96.2 cm³/mol. The van der Waals surface area contributed by atoms with Gasteiger partial charge in [-0.2, -0.15) is 12.7 Å². The summed E-state index contributed by atoms with van der Waals surface area (Å²) in [4.78, 5) is 14.2. The third kappa shape index (κ3) is 2.80. The Bertz CT molecular complexity index is 882. The van der Waals surface area contributed by atoms with E-state index in [-0.39, 0.29) is 5.41 Å². The Balaban J connectivity index is 1.67. The Morgan fingerprint density at radius 3 is 2.88 bits per heavy atom. The van der Waals surface area contributed by atoms with Crippen molar-refractivity contribution in [2.75, 3.05) is 31.1 Å². The van der Waals surface area contributed by atoms with Crippen LogP contribution >= 0.6 is 0 Å². The molecule has 0 bridgehead atoms. The molecule has 2 aromatic heterocycles. The summed E-state index contributed by atoms with van der Waals surface area (Å²) in [6.07, 6.45) is 6.29. The van der Waals surface area contributed by atoms with Gasteiger partial charge in [-0.3, -0.25) is 0 Å². The maximum atomic E-state index is 11.9. The van der Waals surface area contributed by atoms with Crippen molar-refractivity contribution < 1.29 is 8.42 Å². The zero-order chi connectivity index (χ0) is 17.7. The first kappa shape index (κ1) is 16.7. The number of rotatable bonds is 3. The van der Waals surface area contributed by atoms with Gasteiger partial charge in [-0.25, -0.2) is 15.1 Å². The molecular formula is C16H24N6O2S. The van der Waals surface area contributed by atoms with Crippen LogP contribution in [0.15, 0.2) is 18.6 Å². The Morgan fingerprint density at radius 2 is 2.12 bits per heavy atom. The summed E-state index contributed by atoms with van der Waals surface area (Å²) in [6, 6.07) is 1.99. The largest absolute Gasteiger partial charge is 0.355 e. The van der Waals surface area contributed by atoms with E-state index in [4.69, 9.17) is 5.14 Å². The van der Waals surface area contributed by atoms with Gasteiger partial charge in [-0.1, -0.05) is 6.92 Å². The van der Waals surface area contributed by atoms with Gasteiger partial charge in [0.1, 0.15) is 17.8 Å². The second kappa shape index (κ2) is 5.93. The molecule has 2 aliphatic rings. The molecule has 0 spiro atoms. The van der Waals surface area contributed by atoms with Crippen LogP contribution in [-0.2, 0) is 10.2 Å². The summed E-state index contributed by atoms with van der Waals surface area (Å²) in [5.74, 6) is 1.44. The van der Waals surface area contributed by atoms with E-state index in [9.17, 15) is 8.42 Å². The van der Waals surface area contributed by atoms with Gasteiger partial charge in [-0.15, -0.1) is 0 Å². The SMILES string of the molecule is CC[C@]12CN(c3ncnc4[nH]ccc34)CC[C@H]1CCN(S(N)(=O)=O)C2.